The number of carbonyl (C=O) groups is 1. The fourth-order valence-corrected chi connectivity index (χ4v) is 2.50. The second kappa shape index (κ2) is 7.41. The van der Waals surface area contributed by atoms with Gasteiger partial charge in [0.25, 0.3) is 0 Å². The number of methoxy groups -OCH3 is 1. The van der Waals surface area contributed by atoms with Crippen molar-refractivity contribution in [2.45, 2.75) is 26.3 Å². The molecule has 4 nitrogen and oxygen atoms in total. The van der Waals surface area contributed by atoms with Crippen LogP contribution in [0.1, 0.15) is 25.3 Å². The Bertz CT molecular complexity index is 423. The molecular formula is C16H24N2O2. The highest BCUT2D eigenvalue weighted by atomic mass is 16.5. The minimum absolute atomic E-state index is 0.0910. The summed E-state index contributed by atoms with van der Waals surface area (Å²) in [4.78, 5) is 13.9. The molecule has 2 rings (SSSR count). The van der Waals surface area contributed by atoms with E-state index in [2.05, 4.69) is 29.3 Å². The summed E-state index contributed by atoms with van der Waals surface area (Å²) in [5.41, 5.74) is 2.12. The first-order chi connectivity index (χ1) is 9.67. The van der Waals surface area contributed by atoms with E-state index in [4.69, 9.17) is 4.74 Å². The molecule has 0 saturated carbocycles. The number of benzene rings is 1. The van der Waals surface area contributed by atoms with Crippen LogP contribution in [-0.2, 0) is 16.1 Å². The third-order valence-electron chi connectivity index (χ3n) is 3.80. The number of piperidine rings is 1. The summed E-state index contributed by atoms with van der Waals surface area (Å²) < 4.78 is 4.79. The van der Waals surface area contributed by atoms with Gasteiger partial charge in [-0.25, -0.2) is 0 Å². The standard InChI is InChI=1S/C16H24N2O2/c1-13-7-9-18(10-8-13)11-14-3-5-15(6-4-14)17-16(19)12-20-2/h3-6,13H,7-12H2,1-2H3,(H,17,19). The molecule has 1 aliphatic heterocycles. The van der Waals surface area contributed by atoms with Gasteiger partial charge < -0.3 is 10.1 Å². The third kappa shape index (κ3) is 4.62. The van der Waals surface area contributed by atoms with Crippen LogP contribution >= 0.6 is 0 Å². The van der Waals surface area contributed by atoms with Crippen LogP contribution in [0, 0.1) is 5.92 Å². The van der Waals surface area contributed by atoms with E-state index in [0.29, 0.717) is 0 Å². The molecule has 1 fully saturated rings. The molecule has 1 aliphatic rings. The molecule has 1 amide bonds. The van der Waals surface area contributed by atoms with Gasteiger partial charge >= 0.3 is 0 Å². The molecule has 0 spiro atoms. The van der Waals surface area contributed by atoms with Gasteiger partial charge in [-0.15, -0.1) is 0 Å². The Balaban J connectivity index is 1.83. The third-order valence-corrected chi connectivity index (χ3v) is 3.80. The number of ether oxygens (including phenoxy) is 1. The molecule has 0 atom stereocenters. The van der Waals surface area contributed by atoms with Crippen molar-refractivity contribution in [3.05, 3.63) is 29.8 Å². The fraction of sp³-hybridized carbons (Fsp3) is 0.562. The number of anilines is 1. The fourth-order valence-electron chi connectivity index (χ4n) is 2.50. The van der Waals surface area contributed by atoms with Crippen LogP contribution in [-0.4, -0.2) is 37.6 Å². The van der Waals surface area contributed by atoms with E-state index in [0.717, 1.165) is 18.2 Å². The summed E-state index contributed by atoms with van der Waals surface area (Å²) in [6.07, 6.45) is 2.59. The molecule has 1 aromatic carbocycles. The van der Waals surface area contributed by atoms with E-state index in [1.54, 1.807) is 0 Å². The average molecular weight is 276 g/mol. The Hall–Kier alpha value is -1.39. The van der Waals surface area contributed by atoms with Gasteiger partial charge in [0.05, 0.1) is 0 Å². The molecule has 20 heavy (non-hydrogen) atoms. The zero-order chi connectivity index (χ0) is 14.4. The summed E-state index contributed by atoms with van der Waals surface area (Å²) in [5.74, 6) is 0.745. The number of hydrogen-bond donors (Lipinski definition) is 1. The van der Waals surface area contributed by atoms with Gasteiger partial charge in [-0.1, -0.05) is 19.1 Å². The molecule has 110 valence electrons. The van der Waals surface area contributed by atoms with E-state index in [-0.39, 0.29) is 12.5 Å². The largest absolute Gasteiger partial charge is 0.375 e. The highest BCUT2D eigenvalue weighted by Crippen LogP contribution is 2.18. The van der Waals surface area contributed by atoms with Crippen molar-refractivity contribution in [1.82, 2.24) is 4.90 Å². The molecule has 4 heteroatoms. The Morgan fingerprint density at radius 1 is 1.30 bits per heavy atom. The monoisotopic (exact) mass is 276 g/mol. The van der Waals surface area contributed by atoms with Gasteiger partial charge in [-0.3, -0.25) is 9.69 Å². The minimum Gasteiger partial charge on any atom is -0.375 e. The number of nitrogens with zero attached hydrogens (tertiary/aromatic N) is 1. The molecule has 1 N–H and O–H groups in total. The zero-order valence-corrected chi connectivity index (χ0v) is 12.4. The molecule has 1 aromatic rings. The highest BCUT2D eigenvalue weighted by Gasteiger charge is 2.15. The number of likely N-dealkylation sites (tertiary alicyclic amines) is 1. The Kier molecular flexibility index (Phi) is 5.56. The van der Waals surface area contributed by atoms with Crippen LogP contribution < -0.4 is 5.32 Å². The predicted octanol–water partition coefficient (Wildman–Crippen LogP) is 2.50. The van der Waals surface area contributed by atoms with Crippen LogP contribution in [0.3, 0.4) is 0 Å². The second-order valence-corrected chi connectivity index (χ2v) is 5.64. The smallest absolute Gasteiger partial charge is 0.250 e. The van der Waals surface area contributed by atoms with Gasteiger partial charge in [0.1, 0.15) is 6.61 Å². The first-order valence-corrected chi connectivity index (χ1v) is 7.27. The predicted molar refractivity (Wildman–Crippen MR) is 80.6 cm³/mol. The van der Waals surface area contributed by atoms with Crippen molar-refractivity contribution in [2.24, 2.45) is 5.92 Å². The SMILES string of the molecule is COCC(=O)Nc1ccc(CN2CCC(C)CC2)cc1. The van der Waals surface area contributed by atoms with Crippen molar-refractivity contribution < 1.29 is 9.53 Å². The van der Waals surface area contributed by atoms with Crippen LogP contribution in [0.4, 0.5) is 5.69 Å². The normalized spacial score (nSPS) is 17.1. The lowest BCUT2D eigenvalue weighted by Gasteiger charge is -2.30. The lowest BCUT2D eigenvalue weighted by Crippen LogP contribution is -2.32. The van der Waals surface area contributed by atoms with Crippen LogP contribution in [0.15, 0.2) is 24.3 Å². The van der Waals surface area contributed by atoms with Gasteiger partial charge in [-0.2, -0.15) is 0 Å². The lowest BCUT2D eigenvalue weighted by atomic mass is 9.99. The Morgan fingerprint density at radius 3 is 2.55 bits per heavy atom. The zero-order valence-electron chi connectivity index (χ0n) is 12.4. The number of hydrogen-bond acceptors (Lipinski definition) is 3. The van der Waals surface area contributed by atoms with Crippen molar-refractivity contribution in [3.8, 4) is 0 Å². The maximum Gasteiger partial charge on any atom is 0.250 e. The molecule has 0 aromatic heterocycles. The van der Waals surface area contributed by atoms with Crippen molar-refractivity contribution >= 4 is 11.6 Å². The van der Waals surface area contributed by atoms with Gasteiger partial charge in [0, 0.05) is 19.3 Å². The number of nitrogens with one attached hydrogen (secondary N) is 1. The number of carbonyl (C=O) groups excluding carboxylic acids is 1. The average Bonchev–Trinajstić information content (AvgIpc) is 2.44. The maximum atomic E-state index is 11.4. The topological polar surface area (TPSA) is 41.6 Å². The molecule has 1 heterocycles. The quantitative estimate of drug-likeness (QED) is 0.898. The van der Waals surface area contributed by atoms with E-state index in [9.17, 15) is 4.79 Å². The number of amides is 1. The summed E-state index contributed by atoms with van der Waals surface area (Å²) >= 11 is 0. The first kappa shape index (κ1) is 15.0. The molecule has 0 bridgehead atoms. The minimum atomic E-state index is -0.120. The Morgan fingerprint density at radius 2 is 1.95 bits per heavy atom. The summed E-state index contributed by atoms with van der Waals surface area (Å²) in [6, 6.07) is 8.08. The molecule has 0 unspecified atom stereocenters. The van der Waals surface area contributed by atoms with E-state index in [1.807, 2.05) is 12.1 Å². The molecule has 0 radical (unpaired) electrons. The second-order valence-electron chi connectivity index (χ2n) is 5.64. The van der Waals surface area contributed by atoms with Crippen molar-refractivity contribution in [1.29, 1.82) is 0 Å². The summed E-state index contributed by atoms with van der Waals surface area (Å²) in [6.45, 7) is 5.79. The van der Waals surface area contributed by atoms with E-state index >= 15 is 0 Å². The molecular weight excluding hydrogens is 252 g/mol. The highest BCUT2D eigenvalue weighted by molar-refractivity contribution is 5.91. The van der Waals surface area contributed by atoms with E-state index in [1.165, 1.54) is 38.6 Å². The summed E-state index contributed by atoms with van der Waals surface area (Å²) in [5, 5.41) is 2.80. The van der Waals surface area contributed by atoms with Crippen molar-refractivity contribution in [2.75, 3.05) is 32.1 Å². The van der Waals surface area contributed by atoms with Crippen LogP contribution in [0.2, 0.25) is 0 Å². The lowest BCUT2D eigenvalue weighted by molar-refractivity contribution is -0.119. The van der Waals surface area contributed by atoms with Gasteiger partial charge in [0.2, 0.25) is 5.91 Å². The van der Waals surface area contributed by atoms with Gasteiger partial charge in [0.15, 0.2) is 0 Å². The van der Waals surface area contributed by atoms with E-state index < -0.39 is 0 Å². The van der Waals surface area contributed by atoms with Crippen molar-refractivity contribution in [3.63, 3.8) is 0 Å². The first-order valence-electron chi connectivity index (χ1n) is 7.27. The van der Waals surface area contributed by atoms with Crippen LogP contribution in [0.25, 0.3) is 0 Å². The maximum absolute atomic E-state index is 11.4. The molecule has 0 aliphatic carbocycles. The van der Waals surface area contributed by atoms with Gasteiger partial charge in [-0.05, 0) is 49.5 Å². The number of rotatable bonds is 5. The van der Waals surface area contributed by atoms with Crippen LogP contribution in [0.5, 0.6) is 0 Å². The molecule has 1 saturated heterocycles. The Labute approximate surface area is 121 Å². The summed E-state index contributed by atoms with van der Waals surface area (Å²) in [7, 11) is 1.52.